The van der Waals surface area contributed by atoms with E-state index in [0.29, 0.717) is 23.8 Å². The Morgan fingerprint density at radius 3 is 2.45 bits per heavy atom. The minimum absolute atomic E-state index is 0.113. The van der Waals surface area contributed by atoms with Gasteiger partial charge in [0.2, 0.25) is 0 Å². The summed E-state index contributed by atoms with van der Waals surface area (Å²) in [4.78, 5) is 24.5. The maximum absolute atomic E-state index is 12.2. The van der Waals surface area contributed by atoms with Crippen LogP contribution in [0.4, 0.5) is 16.2 Å². The molecule has 3 aromatic rings. The number of nitrogens with zero attached hydrogens (tertiary/aromatic N) is 4. The van der Waals surface area contributed by atoms with E-state index in [2.05, 4.69) is 9.74 Å². The summed E-state index contributed by atoms with van der Waals surface area (Å²) in [6.07, 6.45) is 1.60. The van der Waals surface area contributed by atoms with Gasteiger partial charge in [0.1, 0.15) is 5.60 Å². The zero-order chi connectivity index (χ0) is 23.4. The molecular formula is C26H25ClN4O2. The van der Waals surface area contributed by atoms with Crippen molar-refractivity contribution in [1.29, 1.82) is 0 Å². The van der Waals surface area contributed by atoms with Gasteiger partial charge in [0.25, 0.3) is 0 Å². The number of ether oxygens (including phenoxy) is 1. The summed E-state index contributed by atoms with van der Waals surface area (Å²) in [5.74, 6) is 0. The molecule has 0 N–H and O–H groups in total. The molecule has 2 aromatic carbocycles. The number of amides is 1. The van der Waals surface area contributed by atoms with Crippen molar-refractivity contribution in [3.63, 3.8) is 0 Å². The number of halogens is 1. The van der Waals surface area contributed by atoms with Crippen molar-refractivity contribution in [2.45, 2.75) is 26.4 Å². The predicted octanol–water partition coefficient (Wildman–Crippen LogP) is 6.16. The summed E-state index contributed by atoms with van der Waals surface area (Å²) in [5, 5.41) is 1.60. The fourth-order valence-corrected chi connectivity index (χ4v) is 5.02. The second-order valence-electron chi connectivity index (χ2n) is 10.0. The number of carbonyl (C=O) groups excluding carboxylic acids is 1. The number of para-hydroxylation sites is 1. The lowest BCUT2D eigenvalue weighted by Gasteiger charge is -2.60. The number of aromatic nitrogens is 1. The van der Waals surface area contributed by atoms with E-state index in [4.69, 9.17) is 27.9 Å². The van der Waals surface area contributed by atoms with Gasteiger partial charge in [0.15, 0.2) is 5.69 Å². The van der Waals surface area contributed by atoms with Crippen LogP contribution < -0.4 is 4.90 Å². The fourth-order valence-electron chi connectivity index (χ4n) is 4.70. The van der Waals surface area contributed by atoms with E-state index >= 15 is 0 Å². The Morgan fingerprint density at radius 2 is 1.82 bits per heavy atom. The number of carbonyl (C=O) groups is 1. The average molecular weight is 461 g/mol. The first-order valence-electron chi connectivity index (χ1n) is 11.0. The molecule has 1 amide bonds. The van der Waals surface area contributed by atoms with E-state index in [1.807, 2.05) is 69.4 Å². The molecule has 6 nitrogen and oxygen atoms in total. The van der Waals surface area contributed by atoms with Crippen LogP contribution in [0.5, 0.6) is 0 Å². The third-order valence-electron chi connectivity index (χ3n) is 6.22. The molecular weight excluding hydrogens is 436 g/mol. The number of hydrogen-bond donors (Lipinski definition) is 0. The molecule has 0 saturated carbocycles. The van der Waals surface area contributed by atoms with Crippen LogP contribution in [0.1, 0.15) is 20.8 Å². The lowest BCUT2D eigenvalue weighted by Crippen LogP contribution is -2.73. The topological polar surface area (TPSA) is 50.0 Å². The highest BCUT2D eigenvalue weighted by Crippen LogP contribution is 2.45. The second kappa shape index (κ2) is 7.64. The monoisotopic (exact) mass is 460 g/mol. The number of hydrogen-bond acceptors (Lipinski definition) is 4. The van der Waals surface area contributed by atoms with Gasteiger partial charge in [-0.25, -0.2) is 9.64 Å². The molecule has 3 heterocycles. The van der Waals surface area contributed by atoms with Crippen molar-refractivity contribution in [1.82, 2.24) is 9.88 Å². The lowest BCUT2D eigenvalue weighted by atomic mass is 9.73. The Balaban J connectivity index is 1.33. The molecule has 0 radical (unpaired) electrons. The highest BCUT2D eigenvalue weighted by atomic mass is 35.5. The van der Waals surface area contributed by atoms with Crippen molar-refractivity contribution in [2.75, 3.05) is 31.1 Å². The molecule has 33 heavy (non-hydrogen) atoms. The Hall–Kier alpha value is -3.30. The number of fused-ring (bicyclic) bond motifs is 1. The maximum Gasteiger partial charge on any atom is 0.410 e. The van der Waals surface area contributed by atoms with Gasteiger partial charge in [0.05, 0.1) is 29.0 Å². The Morgan fingerprint density at radius 1 is 1.12 bits per heavy atom. The number of anilines is 1. The zero-order valence-electron chi connectivity index (χ0n) is 18.9. The Bertz CT molecular complexity index is 1280. The van der Waals surface area contributed by atoms with E-state index < -0.39 is 5.60 Å². The van der Waals surface area contributed by atoms with Gasteiger partial charge in [-0.05, 0) is 26.3 Å². The van der Waals surface area contributed by atoms with Crippen molar-refractivity contribution < 1.29 is 9.53 Å². The molecule has 7 heteroatoms. The standard InChI is InChI=1S/C26H25ClN4O2/c1-25(2,3)33-24(32)31-15-26(16-31)13-30(14-26)21-12-29-23-19(6-5-7-20(23)22(21)27)17-8-10-18(28-4)11-9-17/h5-12H,13-16H2,1-3H3. The van der Waals surface area contributed by atoms with Crippen molar-refractivity contribution in [2.24, 2.45) is 5.41 Å². The quantitative estimate of drug-likeness (QED) is 0.429. The molecule has 2 saturated heterocycles. The van der Waals surface area contributed by atoms with Crippen LogP contribution >= 0.6 is 11.6 Å². The smallest absolute Gasteiger partial charge is 0.410 e. The number of pyridine rings is 1. The van der Waals surface area contributed by atoms with Gasteiger partial charge in [-0.1, -0.05) is 54.1 Å². The Labute approximate surface area is 198 Å². The molecule has 0 bridgehead atoms. The minimum atomic E-state index is -0.479. The summed E-state index contributed by atoms with van der Waals surface area (Å²) in [7, 11) is 0. The molecule has 0 aliphatic carbocycles. The van der Waals surface area contributed by atoms with Gasteiger partial charge < -0.3 is 14.5 Å². The van der Waals surface area contributed by atoms with Gasteiger partial charge >= 0.3 is 6.09 Å². The molecule has 2 fully saturated rings. The van der Waals surface area contributed by atoms with E-state index in [1.165, 1.54) is 0 Å². The van der Waals surface area contributed by atoms with Crippen LogP contribution in [-0.4, -0.2) is 47.8 Å². The lowest BCUT2D eigenvalue weighted by molar-refractivity contribution is -0.0453. The summed E-state index contributed by atoms with van der Waals surface area (Å²) >= 11 is 6.86. The number of rotatable bonds is 2. The molecule has 0 unspecified atom stereocenters. The average Bonchev–Trinajstić information content (AvgIpc) is 2.71. The third kappa shape index (κ3) is 3.87. The molecule has 1 spiro atoms. The van der Waals surface area contributed by atoms with Crippen LogP contribution in [0, 0.1) is 12.0 Å². The van der Waals surface area contributed by atoms with Crippen LogP contribution in [0.3, 0.4) is 0 Å². The molecule has 2 aliphatic heterocycles. The minimum Gasteiger partial charge on any atom is -0.444 e. The maximum atomic E-state index is 12.2. The predicted molar refractivity (Wildman–Crippen MR) is 131 cm³/mol. The Kier molecular flexibility index (Phi) is 4.98. The van der Waals surface area contributed by atoms with Crippen LogP contribution in [0.25, 0.3) is 26.9 Å². The van der Waals surface area contributed by atoms with E-state index in [0.717, 1.165) is 40.8 Å². The summed E-state index contributed by atoms with van der Waals surface area (Å²) < 4.78 is 5.47. The zero-order valence-corrected chi connectivity index (χ0v) is 19.7. The molecule has 168 valence electrons. The highest BCUT2D eigenvalue weighted by Gasteiger charge is 2.54. The van der Waals surface area contributed by atoms with Crippen LogP contribution in [0.15, 0.2) is 48.7 Å². The largest absolute Gasteiger partial charge is 0.444 e. The molecule has 1 aromatic heterocycles. The third-order valence-corrected chi connectivity index (χ3v) is 6.62. The second-order valence-corrected chi connectivity index (χ2v) is 10.4. The van der Waals surface area contributed by atoms with Gasteiger partial charge in [-0.2, -0.15) is 0 Å². The molecule has 2 aliphatic rings. The number of likely N-dealkylation sites (tertiary alicyclic amines) is 1. The van der Waals surface area contributed by atoms with Gasteiger partial charge in [-0.3, -0.25) is 4.98 Å². The first-order valence-corrected chi connectivity index (χ1v) is 11.3. The summed E-state index contributed by atoms with van der Waals surface area (Å²) in [6.45, 7) is 15.9. The number of benzene rings is 2. The first kappa shape index (κ1) is 21.5. The van der Waals surface area contributed by atoms with E-state index in [-0.39, 0.29) is 11.5 Å². The summed E-state index contributed by atoms with van der Waals surface area (Å²) in [5.41, 5.74) is 4.01. The first-order chi connectivity index (χ1) is 15.7. The summed E-state index contributed by atoms with van der Waals surface area (Å²) in [6, 6.07) is 13.5. The van der Waals surface area contributed by atoms with E-state index in [1.54, 1.807) is 4.90 Å². The fraction of sp³-hybridized carbons (Fsp3) is 0.346. The van der Waals surface area contributed by atoms with Crippen LogP contribution in [-0.2, 0) is 4.74 Å². The highest BCUT2D eigenvalue weighted by molar-refractivity contribution is 6.38. The molecule has 5 rings (SSSR count). The SMILES string of the molecule is [C-]#[N+]c1ccc(-c2cccc3c(Cl)c(N4CC5(CN(C(=O)OC(C)(C)C)C5)C4)cnc23)cc1. The van der Waals surface area contributed by atoms with Crippen molar-refractivity contribution in [3.8, 4) is 11.1 Å². The normalized spacial score (nSPS) is 16.8. The van der Waals surface area contributed by atoms with Crippen LogP contribution in [0.2, 0.25) is 5.02 Å². The van der Waals surface area contributed by atoms with Gasteiger partial charge in [0, 0.05) is 42.5 Å². The van der Waals surface area contributed by atoms with Crippen molar-refractivity contribution in [3.05, 3.63) is 65.1 Å². The molecule has 0 atom stereocenters. The van der Waals surface area contributed by atoms with Gasteiger partial charge in [-0.15, -0.1) is 0 Å². The van der Waals surface area contributed by atoms with Crippen molar-refractivity contribution >= 4 is 40.0 Å². The van der Waals surface area contributed by atoms with E-state index in [9.17, 15) is 4.79 Å².